The Labute approximate surface area is 229 Å². The molecule has 158 valence electrons. The first-order valence-corrected chi connectivity index (χ1v) is 10.1. The number of hydrogen-bond donors (Lipinski definition) is 0. The predicted octanol–water partition coefficient (Wildman–Crippen LogP) is 1.75. The van der Waals surface area contributed by atoms with Gasteiger partial charge < -0.3 is 38.5 Å². The third-order valence-corrected chi connectivity index (χ3v) is 5.81. The minimum Gasteiger partial charge on any atom is -1.00 e. The van der Waals surface area contributed by atoms with Gasteiger partial charge in [0.2, 0.25) is 0 Å². The number of benzene rings is 3. The maximum absolute atomic E-state index is 3.19. The molecule has 32 heavy (non-hydrogen) atoms. The summed E-state index contributed by atoms with van der Waals surface area (Å²) in [6.45, 7) is 4.22. The molecule has 1 aliphatic carbocycles. The van der Waals surface area contributed by atoms with Gasteiger partial charge in [-0.05, 0) is 17.8 Å². The number of rotatable bonds is 1. The van der Waals surface area contributed by atoms with E-state index >= 15 is 0 Å². The van der Waals surface area contributed by atoms with E-state index in [9.17, 15) is 0 Å². The summed E-state index contributed by atoms with van der Waals surface area (Å²) < 4.78 is 2.37. The van der Waals surface area contributed by atoms with E-state index in [0.717, 1.165) is 6.42 Å². The molecular formula is C28H23Br2NZr. The van der Waals surface area contributed by atoms with Gasteiger partial charge >= 0.3 is 26.2 Å². The van der Waals surface area contributed by atoms with Gasteiger partial charge in [-0.1, -0.05) is 49.4 Å². The van der Waals surface area contributed by atoms with Crippen LogP contribution in [0.2, 0.25) is 0 Å². The monoisotopic (exact) mass is 621 g/mol. The molecule has 0 aliphatic heterocycles. The largest absolute Gasteiger partial charge is 4.00 e. The van der Waals surface area contributed by atoms with Gasteiger partial charge in [-0.3, -0.25) is 6.08 Å². The third-order valence-electron chi connectivity index (χ3n) is 5.81. The van der Waals surface area contributed by atoms with Crippen LogP contribution in [0.4, 0.5) is 0 Å². The number of para-hydroxylation sites is 2. The van der Waals surface area contributed by atoms with Crippen molar-refractivity contribution in [2.24, 2.45) is 0 Å². The van der Waals surface area contributed by atoms with Gasteiger partial charge in [0, 0.05) is 10.8 Å². The summed E-state index contributed by atoms with van der Waals surface area (Å²) in [5, 5.41) is 5.20. The van der Waals surface area contributed by atoms with Crippen molar-refractivity contribution in [2.75, 3.05) is 0 Å². The average molecular weight is 625 g/mol. The molecule has 0 N–H and O–H groups in total. The second kappa shape index (κ2) is 11.5. The number of allylic oxidation sites excluding steroid dienone is 4. The Hall–Kier alpha value is -1.61. The molecule has 1 heterocycles. The summed E-state index contributed by atoms with van der Waals surface area (Å²) in [4.78, 5) is 0. The van der Waals surface area contributed by atoms with E-state index in [1.54, 1.807) is 0 Å². The molecule has 0 unspecified atom stereocenters. The van der Waals surface area contributed by atoms with Crippen molar-refractivity contribution < 1.29 is 60.2 Å². The Kier molecular flexibility index (Phi) is 9.58. The average Bonchev–Trinajstić information content (AvgIpc) is 3.43. The molecule has 0 saturated heterocycles. The van der Waals surface area contributed by atoms with Crippen molar-refractivity contribution in [3.63, 3.8) is 0 Å². The molecule has 0 saturated carbocycles. The standard InChI is InChI=1S/C21H14N.C7H9.2BrH.Zr/c1-2-8-16-14-17(13-15(16)7-1)22-20-11-5-3-9-18(20)19-10-4-6-12-21(19)22;1-6-4-3-5-7(6)2;;;/h1-14H;4H,3H2,1-2H3;2*1H;/q2*-1;;;+4/p-2. The Bertz CT molecular complexity index is 1300. The van der Waals surface area contributed by atoms with E-state index in [4.69, 9.17) is 0 Å². The first-order valence-electron chi connectivity index (χ1n) is 10.1. The molecule has 0 bridgehead atoms. The van der Waals surface area contributed by atoms with Gasteiger partial charge in [-0.2, -0.15) is 6.08 Å². The second-order valence-electron chi connectivity index (χ2n) is 7.61. The fraction of sp³-hybridized carbons (Fsp3) is 0.107. The fourth-order valence-corrected chi connectivity index (χ4v) is 4.11. The minimum atomic E-state index is 0. The molecule has 0 fully saturated rings. The molecule has 0 spiro atoms. The van der Waals surface area contributed by atoms with Crippen molar-refractivity contribution in [1.29, 1.82) is 0 Å². The molecular weight excluding hydrogens is 601 g/mol. The van der Waals surface area contributed by atoms with Crippen molar-refractivity contribution in [1.82, 2.24) is 4.57 Å². The number of halogens is 2. The topological polar surface area (TPSA) is 4.93 Å². The summed E-state index contributed by atoms with van der Waals surface area (Å²) in [5.74, 6) is 0. The van der Waals surface area contributed by atoms with E-state index in [2.05, 4.69) is 115 Å². The molecule has 1 aliphatic rings. The van der Waals surface area contributed by atoms with Crippen molar-refractivity contribution in [3.8, 4) is 5.69 Å². The molecule has 5 aromatic rings. The molecule has 0 radical (unpaired) electrons. The van der Waals surface area contributed by atoms with Crippen LogP contribution in [0.5, 0.6) is 0 Å². The van der Waals surface area contributed by atoms with Crippen LogP contribution in [0.25, 0.3) is 38.3 Å². The van der Waals surface area contributed by atoms with E-state index in [1.807, 2.05) is 0 Å². The smallest absolute Gasteiger partial charge is 1.00 e. The van der Waals surface area contributed by atoms with Crippen LogP contribution in [0.3, 0.4) is 0 Å². The van der Waals surface area contributed by atoms with E-state index in [1.165, 1.54) is 49.4 Å². The molecule has 4 heteroatoms. The van der Waals surface area contributed by atoms with Gasteiger partial charge in [-0.25, -0.2) is 11.1 Å². The van der Waals surface area contributed by atoms with Gasteiger partial charge in [0.05, 0.1) is 11.0 Å². The van der Waals surface area contributed by atoms with Crippen molar-refractivity contribution >= 4 is 32.6 Å². The maximum Gasteiger partial charge on any atom is 4.00 e. The number of fused-ring (bicyclic) bond motifs is 4. The Morgan fingerprint density at radius 2 is 1.34 bits per heavy atom. The van der Waals surface area contributed by atoms with Gasteiger partial charge in [0.15, 0.2) is 0 Å². The predicted molar refractivity (Wildman–Crippen MR) is 125 cm³/mol. The zero-order valence-corrected chi connectivity index (χ0v) is 23.7. The third kappa shape index (κ3) is 4.98. The SMILES string of the molecule is CC1=[C-]CC=C1C.[Br-].[Br-].[Zr+4].c1ccc2[cH-]c(-n3c4ccccc4c4ccccc43)cc2c1. The van der Waals surface area contributed by atoms with Gasteiger partial charge in [0.1, 0.15) is 0 Å². The van der Waals surface area contributed by atoms with Crippen LogP contribution in [0.15, 0.2) is 102 Å². The van der Waals surface area contributed by atoms with Gasteiger partial charge in [0.25, 0.3) is 0 Å². The Balaban J connectivity index is 0.000000317. The first-order chi connectivity index (χ1) is 14.2. The number of hydrogen-bond acceptors (Lipinski definition) is 0. The van der Waals surface area contributed by atoms with Crippen LogP contribution >= 0.6 is 0 Å². The summed E-state index contributed by atoms with van der Waals surface area (Å²) in [6.07, 6.45) is 6.41. The number of nitrogens with zero attached hydrogens (tertiary/aromatic N) is 1. The van der Waals surface area contributed by atoms with Crippen LogP contribution in [0.1, 0.15) is 20.3 Å². The zero-order chi connectivity index (χ0) is 19.8. The molecule has 1 aromatic heterocycles. The zero-order valence-electron chi connectivity index (χ0n) is 18.1. The van der Waals surface area contributed by atoms with Crippen LogP contribution in [-0.4, -0.2) is 4.57 Å². The molecule has 4 aromatic carbocycles. The maximum atomic E-state index is 3.19. The molecule has 0 amide bonds. The van der Waals surface area contributed by atoms with E-state index < -0.39 is 0 Å². The fourth-order valence-electron chi connectivity index (χ4n) is 4.11. The van der Waals surface area contributed by atoms with E-state index in [-0.39, 0.29) is 60.2 Å². The summed E-state index contributed by atoms with van der Waals surface area (Å²) >= 11 is 0. The van der Waals surface area contributed by atoms with Crippen LogP contribution in [-0.2, 0) is 26.2 Å². The minimum absolute atomic E-state index is 0. The van der Waals surface area contributed by atoms with Crippen LogP contribution < -0.4 is 34.0 Å². The first kappa shape index (κ1) is 26.6. The van der Waals surface area contributed by atoms with E-state index in [0.29, 0.717) is 0 Å². The molecule has 1 nitrogen and oxygen atoms in total. The van der Waals surface area contributed by atoms with Crippen molar-refractivity contribution in [2.45, 2.75) is 20.3 Å². The van der Waals surface area contributed by atoms with Gasteiger partial charge in [-0.15, -0.1) is 54.4 Å². The summed E-state index contributed by atoms with van der Waals surface area (Å²) in [6, 6.07) is 30.3. The Morgan fingerprint density at radius 3 is 1.84 bits per heavy atom. The summed E-state index contributed by atoms with van der Waals surface area (Å²) in [5.41, 5.74) is 6.47. The van der Waals surface area contributed by atoms with Crippen molar-refractivity contribution in [3.05, 3.63) is 108 Å². The summed E-state index contributed by atoms with van der Waals surface area (Å²) in [7, 11) is 0. The quantitative estimate of drug-likeness (QED) is 0.251. The number of aromatic nitrogens is 1. The Morgan fingerprint density at radius 1 is 0.781 bits per heavy atom. The second-order valence-corrected chi connectivity index (χ2v) is 7.61. The molecule has 6 rings (SSSR count). The normalized spacial score (nSPS) is 12.2. The molecule has 0 atom stereocenters. The van der Waals surface area contributed by atoms with Crippen LogP contribution in [0, 0.1) is 6.08 Å².